The zero-order valence-corrected chi connectivity index (χ0v) is 12.7. The van der Waals surface area contributed by atoms with Crippen LogP contribution in [0.25, 0.3) is 5.57 Å². The number of rotatable bonds is 3. The normalized spacial score (nSPS) is 14.2. The van der Waals surface area contributed by atoms with E-state index < -0.39 is 11.8 Å². The monoisotopic (exact) mass is 318 g/mol. The lowest BCUT2D eigenvalue weighted by molar-refractivity contribution is -0.149. The van der Waals surface area contributed by atoms with Crippen LogP contribution in [-0.2, 0) is 20.7 Å². The molecule has 0 saturated heterocycles. The van der Waals surface area contributed by atoms with Gasteiger partial charge in [-0.1, -0.05) is 66.4 Å². The van der Waals surface area contributed by atoms with Crippen LogP contribution in [-0.4, -0.2) is 16.9 Å². The molecule has 0 bridgehead atoms. The molecule has 3 rings (SSSR count). The van der Waals surface area contributed by atoms with E-state index in [-0.39, 0.29) is 17.1 Å². The number of carbonyl (C=O) groups excluding carboxylic acids is 2. The fourth-order valence-corrected chi connectivity index (χ4v) is 2.36. The standard InChI is InChI=1S/C20H14O4/c21-18-16(13-7-10-14-8-3-1-4-9-14)24-20(23)19(22)17(18)15-11-5-2-6-12-15/h1-9,11-12,21H,10H2. The lowest BCUT2D eigenvalue weighted by Crippen LogP contribution is -2.25. The minimum Gasteiger partial charge on any atom is -0.503 e. The van der Waals surface area contributed by atoms with Crippen LogP contribution in [0.5, 0.6) is 0 Å². The fourth-order valence-electron chi connectivity index (χ4n) is 2.36. The molecule has 2 aromatic carbocycles. The highest BCUT2D eigenvalue weighted by Gasteiger charge is 2.34. The Morgan fingerprint density at radius 3 is 2.25 bits per heavy atom. The van der Waals surface area contributed by atoms with E-state index >= 15 is 0 Å². The summed E-state index contributed by atoms with van der Waals surface area (Å²) in [7, 11) is 0. The van der Waals surface area contributed by atoms with Crippen LogP contribution in [0.2, 0.25) is 0 Å². The molecule has 0 radical (unpaired) electrons. The third kappa shape index (κ3) is 3.19. The van der Waals surface area contributed by atoms with E-state index in [1.54, 1.807) is 36.4 Å². The Morgan fingerprint density at radius 1 is 0.958 bits per heavy atom. The molecule has 1 aliphatic heterocycles. The molecule has 118 valence electrons. The number of ketones is 1. The number of cyclic esters (lactones) is 1. The lowest BCUT2D eigenvalue weighted by atomic mass is 9.98. The quantitative estimate of drug-likeness (QED) is 0.535. The van der Waals surface area contributed by atoms with E-state index in [0.29, 0.717) is 12.0 Å². The van der Waals surface area contributed by atoms with Crippen LogP contribution in [0.4, 0.5) is 0 Å². The second-order valence-corrected chi connectivity index (χ2v) is 5.18. The summed E-state index contributed by atoms with van der Waals surface area (Å²) < 4.78 is 4.88. The van der Waals surface area contributed by atoms with Crippen molar-refractivity contribution >= 4 is 17.3 Å². The molecule has 0 aliphatic carbocycles. The van der Waals surface area contributed by atoms with Crippen LogP contribution < -0.4 is 0 Å². The number of hydrogen-bond acceptors (Lipinski definition) is 4. The first-order chi connectivity index (χ1) is 11.7. The van der Waals surface area contributed by atoms with Crippen LogP contribution in [0, 0.1) is 0 Å². The number of benzene rings is 2. The van der Waals surface area contributed by atoms with Crippen molar-refractivity contribution in [3.63, 3.8) is 0 Å². The second kappa shape index (κ2) is 6.82. The van der Waals surface area contributed by atoms with Crippen molar-refractivity contribution in [2.24, 2.45) is 0 Å². The molecule has 0 saturated carbocycles. The number of aliphatic hydroxyl groups excluding tert-OH is 1. The third-order valence-corrected chi connectivity index (χ3v) is 3.54. The minimum absolute atomic E-state index is 0.0672. The Morgan fingerprint density at radius 2 is 1.58 bits per heavy atom. The Balaban J connectivity index is 1.99. The van der Waals surface area contributed by atoms with Gasteiger partial charge in [-0.15, -0.1) is 0 Å². The Kier molecular flexibility index (Phi) is 4.41. The molecule has 0 atom stereocenters. The SMILES string of the molecule is O=C1OC(=C=CCc2ccccc2)C(O)=C(c2ccccc2)C1=O. The largest absolute Gasteiger partial charge is 0.503 e. The predicted molar refractivity (Wildman–Crippen MR) is 88.8 cm³/mol. The highest BCUT2D eigenvalue weighted by molar-refractivity contribution is 6.53. The number of carbonyl (C=O) groups is 2. The van der Waals surface area contributed by atoms with E-state index in [4.69, 9.17) is 4.74 Å². The first-order valence-corrected chi connectivity index (χ1v) is 7.41. The van der Waals surface area contributed by atoms with Gasteiger partial charge in [-0.05, 0) is 23.6 Å². The molecule has 4 heteroatoms. The number of ether oxygens (including phenoxy) is 1. The molecule has 0 fully saturated rings. The molecule has 0 unspecified atom stereocenters. The molecular weight excluding hydrogens is 304 g/mol. The zero-order chi connectivity index (χ0) is 16.9. The minimum atomic E-state index is -1.03. The maximum atomic E-state index is 12.0. The summed E-state index contributed by atoms with van der Waals surface area (Å²) in [5.41, 5.74) is 4.20. The lowest BCUT2D eigenvalue weighted by Gasteiger charge is -2.16. The van der Waals surface area contributed by atoms with E-state index in [9.17, 15) is 14.7 Å². The Hall–Kier alpha value is -3.36. The van der Waals surface area contributed by atoms with Gasteiger partial charge in [-0.2, -0.15) is 0 Å². The number of esters is 1. The van der Waals surface area contributed by atoms with Gasteiger partial charge in [0, 0.05) is 0 Å². The highest BCUT2D eigenvalue weighted by atomic mass is 16.6. The first-order valence-electron chi connectivity index (χ1n) is 7.41. The number of Topliss-reactive ketones (excluding diaryl/α,β-unsaturated/α-hetero) is 1. The molecule has 1 aliphatic rings. The smallest absolute Gasteiger partial charge is 0.385 e. The maximum absolute atomic E-state index is 12.0. The third-order valence-electron chi connectivity index (χ3n) is 3.54. The van der Waals surface area contributed by atoms with Gasteiger partial charge in [-0.25, -0.2) is 4.79 Å². The van der Waals surface area contributed by atoms with Crippen LogP contribution in [0.15, 0.2) is 84.0 Å². The van der Waals surface area contributed by atoms with E-state index in [0.717, 1.165) is 5.56 Å². The summed E-state index contributed by atoms with van der Waals surface area (Å²) >= 11 is 0. The average Bonchev–Trinajstić information content (AvgIpc) is 2.61. The maximum Gasteiger partial charge on any atom is 0.385 e. The van der Waals surface area contributed by atoms with Crippen LogP contribution in [0.1, 0.15) is 11.1 Å². The summed E-state index contributed by atoms with van der Waals surface area (Å²) in [5.74, 6) is -2.42. The number of aliphatic hydroxyl groups is 1. The summed E-state index contributed by atoms with van der Waals surface area (Å²) in [5, 5.41) is 10.3. The van der Waals surface area contributed by atoms with Crippen molar-refractivity contribution in [3.05, 3.63) is 95.1 Å². The van der Waals surface area contributed by atoms with Gasteiger partial charge < -0.3 is 9.84 Å². The molecule has 0 spiro atoms. The highest BCUT2D eigenvalue weighted by Crippen LogP contribution is 2.28. The van der Waals surface area contributed by atoms with Crippen molar-refractivity contribution < 1.29 is 19.4 Å². The molecule has 2 aromatic rings. The van der Waals surface area contributed by atoms with Gasteiger partial charge in [0.05, 0.1) is 5.57 Å². The van der Waals surface area contributed by atoms with Crippen molar-refractivity contribution in [2.75, 3.05) is 0 Å². The Labute approximate surface area is 139 Å². The van der Waals surface area contributed by atoms with Gasteiger partial charge in [0.1, 0.15) is 0 Å². The molecule has 1 heterocycles. The molecular formula is C20H14O4. The summed E-state index contributed by atoms with van der Waals surface area (Å²) in [4.78, 5) is 23.8. The van der Waals surface area contributed by atoms with E-state index in [2.05, 4.69) is 5.73 Å². The van der Waals surface area contributed by atoms with Gasteiger partial charge >= 0.3 is 5.97 Å². The van der Waals surface area contributed by atoms with Crippen LogP contribution in [0.3, 0.4) is 0 Å². The van der Waals surface area contributed by atoms with E-state index in [1.807, 2.05) is 30.3 Å². The van der Waals surface area contributed by atoms with Gasteiger partial charge in [0.15, 0.2) is 5.76 Å². The van der Waals surface area contributed by atoms with E-state index in [1.165, 1.54) is 0 Å². The van der Waals surface area contributed by atoms with Gasteiger partial charge in [0.25, 0.3) is 5.78 Å². The topological polar surface area (TPSA) is 63.6 Å². The zero-order valence-electron chi connectivity index (χ0n) is 12.7. The van der Waals surface area contributed by atoms with Gasteiger partial charge in [-0.3, -0.25) is 4.79 Å². The molecule has 0 amide bonds. The van der Waals surface area contributed by atoms with Crippen molar-refractivity contribution in [2.45, 2.75) is 6.42 Å². The van der Waals surface area contributed by atoms with Gasteiger partial charge in [0.2, 0.25) is 5.76 Å². The summed E-state index contributed by atoms with van der Waals surface area (Å²) in [6.07, 6.45) is 2.20. The number of hydrogen-bond donors (Lipinski definition) is 1. The second-order valence-electron chi connectivity index (χ2n) is 5.18. The molecule has 24 heavy (non-hydrogen) atoms. The average molecular weight is 318 g/mol. The summed E-state index contributed by atoms with van der Waals surface area (Å²) in [6.45, 7) is 0. The van der Waals surface area contributed by atoms with Crippen molar-refractivity contribution in [3.8, 4) is 0 Å². The molecule has 4 nitrogen and oxygen atoms in total. The molecule has 0 aromatic heterocycles. The first kappa shape index (κ1) is 15.5. The summed E-state index contributed by atoms with van der Waals surface area (Å²) in [6, 6.07) is 18.2. The van der Waals surface area contributed by atoms with Crippen LogP contribution >= 0.6 is 0 Å². The van der Waals surface area contributed by atoms with Crippen molar-refractivity contribution in [1.82, 2.24) is 0 Å². The Bertz CT molecular complexity index is 870. The predicted octanol–water partition coefficient (Wildman–Crippen LogP) is 3.36. The molecule has 1 N–H and O–H groups in total. The van der Waals surface area contributed by atoms with Crippen molar-refractivity contribution in [1.29, 1.82) is 0 Å². The fraction of sp³-hybridized carbons (Fsp3) is 0.0500.